The van der Waals surface area contributed by atoms with Gasteiger partial charge in [0.25, 0.3) is 0 Å². The molecule has 0 aliphatic heterocycles. The number of halogens is 1. The Bertz CT molecular complexity index is 1960. The lowest BCUT2D eigenvalue weighted by Gasteiger charge is -2.07. The number of nitrogens with zero attached hydrogens (tertiary/aromatic N) is 5. The molecule has 194 valence electrons. The summed E-state index contributed by atoms with van der Waals surface area (Å²) in [5.74, 6) is 0.236. The summed E-state index contributed by atoms with van der Waals surface area (Å²) >= 11 is 0. The van der Waals surface area contributed by atoms with Crippen LogP contribution in [0.5, 0.6) is 0 Å². The highest BCUT2D eigenvalue weighted by atomic mass is 19.1. The molecule has 5 aromatic heterocycles. The third-order valence-corrected chi connectivity index (χ3v) is 6.75. The number of fused-ring (bicyclic) bond motifs is 2. The van der Waals surface area contributed by atoms with Gasteiger partial charge in [-0.3, -0.25) is 15.1 Å². The maximum absolute atomic E-state index is 13.9. The molecule has 0 radical (unpaired) electrons. The van der Waals surface area contributed by atoms with E-state index in [1.54, 1.807) is 18.5 Å². The van der Waals surface area contributed by atoms with Gasteiger partial charge in [-0.05, 0) is 47.0 Å². The van der Waals surface area contributed by atoms with E-state index in [1.807, 2.05) is 48.8 Å². The largest absolute Gasteiger partial charge is 0.335 e. The number of H-pyrrole nitrogens is 2. The van der Waals surface area contributed by atoms with Crippen LogP contribution in [0.2, 0.25) is 0 Å². The third-order valence-electron chi connectivity index (χ3n) is 6.75. The fourth-order valence-corrected chi connectivity index (χ4v) is 4.81. The number of benzene rings is 2. The molecular weight excluding hydrogens is 503 g/mol. The molecule has 8 nitrogen and oxygen atoms in total. The highest BCUT2D eigenvalue weighted by Gasteiger charge is 2.17. The van der Waals surface area contributed by atoms with Crippen molar-refractivity contribution in [2.24, 2.45) is 0 Å². The van der Waals surface area contributed by atoms with Crippen LogP contribution in [0.15, 0.2) is 97.6 Å². The van der Waals surface area contributed by atoms with E-state index >= 15 is 0 Å². The average molecular weight is 527 g/mol. The van der Waals surface area contributed by atoms with Crippen molar-refractivity contribution in [1.29, 1.82) is 0 Å². The summed E-state index contributed by atoms with van der Waals surface area (Å²) in [5, 5.41) is 11.0. The lowest BCUT2D eigenvalue weighted by molar-refractivity contribution is 0.628. The summed E-state index contributed by atoms with van der Waals surface area (Å²) in [4.78, 5) is 21.8. The summed E-state index contributed by atoms with van der Waals surface area (Å²) in [6, 6.07) is 22.7. The Balaban J connectivity index is 1.20. The molecule has 3 N–H and O–H groups in total. The van der Waals surface area contributed by atoms with Gasteiger partial charge >= 0.3 is 0 Å². The number of aromatic nitrogens is 7. The molecule has 7 aromatic rings. The number of hydrogen-bond acceptors (Lipinski definition) is 6. The molecule has 0 spiro atoms. The lowest BCUT2D eigenvalue weighted by Crippen LogP contribution is -2.12. The fourth-order valence-electron chi connectivity index (χ4n) is 4.81. The summed E-state index contributed by atoms with van der Waals surface area (Å²) < 4.78 is 13.9. The van der Waals surface area contributed by atoms with Crippen LogP contribution in [-0.4, -0.2) is 35.1 Å². The van der Waals surface area contributed by atoms with E-state index in [2.05, 4.69) is 48.7 Å². The Labute approximate surface area is 228 Å². The van der Waals surface area contributed by atoms with Gasteiger partial charge in [-0.1, -0.05) is 42.5 Å². The SMILES string of the molecule is Fc1cccc(-c2cncc3[nH]c(-c4n[nH]c5ccc(-c6cncc(CNCc7ccccc7)c6)nc45)nc23)c1. The van der Waals surface area contributed by atoms with Crippen molar-refractivity contribution in [3.63, 3.8) is 0 Å². The molecule has 0 fully saturated rings. The van der Waals surface area contributed by atoms with Crippen molar-refractivity contribution < 1.29 is 4.39 Å². The van der Waals surface area contributed by atoms with Crippen molar-refractivity contribution in [2.75, 3.05) is 0 Å². The van der Waals surface area contributed by atoms with E-state index in [0.717, 1.165) is 40.0 Å². The van der Waals surface area contributed by atoms with Crippen molar-refractivity contribution in [2.45, 2.75) is 13.1 Å². The van der Waals surface area contributed by atoms with Gasteiger partial charge in [-0.15, -0.1) is 0 Å². The second-order valence-electron chi connectivity index (χ2n) is 9.51. The van der Waals surface area contributed by atoms with Crippen molar-refractivity contribution in [3.05, 3.63) is 115 Å². The van der Waals surface area contributed by atoms with Gasteiger partial charge in [-0.2, -0.15) is 5.10 Å². The monoisotopic (exact) mass is 526 g/mol. The molecule has 0 bridgehead atoms. The molecule has 9 heteroatoms. The average Bonchev–Trinajstić information content (AvgIpc) is 3.62. The minimum atomic E-state index is -0.314. The predicted molar refractivity (Wildman–Crippen MR) is 152 cm³/mol. The van der Waals surface area contributed by atoms with Gasteiger partial charge in [-0.25, -0.2) is 14.4 Å². The first kappa shape index (κ1) is 23.8. The van der Waals surface area contributed by atoms with Gasteiger partial charge in [0, 0.05) is 42.8 Å². The first-order valence-corrected chi connectivity index (χ1v) is 12.9. The number of aromatic amines is 2. The number of pyridine rings is 3. The zero-order chi connectivity index (χ0) is 26.9. The van der Waals surface area contributed by atoms with Crippen molar-refractivity contribution in [1.82, 2.24) is 40.4 Å². The van der Waals surface area contributed by atoms with E-state index in [9.17, 15) is 4.39 Å². The first-order valence-electron chi connectivity index (χ1n) is 12.9. The molecule has 0 unspecified atom stereocenters. The van der Waals surface area contributed by atoms with Crippen LogP contribution in [-0.2, 0) is 13.1 Å². The summed E-state index contributed by atoms with van der Waals surface area (Å²) in [7, 11) is 0. The van der Waals surface area contributed by atoms with Crippen molar-refractivity contribution >= 4 is 22.1 Å². The van der Waals surface area contributed by atoms with Gasteiger partial charge in [0.1, 0.15) is 11.3 Å². The zero-order valence-corrected chi connectivity index (χ0v) is 21.3. The minimum Gasteiger partial charge on any atom is -0.335 e. The number of nitrogens with one attached hydrogen (secondary N) is 3. The van der Waals surface area contributed by atoms with Gasteiger partial charge in [0.05, 0.1) is 28.4 Å². The van der Waals surface area contributed by atoms with Crippen LogP contribution in [0.1, 0.15) is 11.1 Å². The Morgan fingerprint density at radius 3 is 2.48 bits per heavy atom. The lowest BCUT2D eigenvalue weighted by atomic mass is 10.1. The fraction of sp³-hybridized carbons (Fsp3) is 0.0645. The van der Waals surface area contributed by atoms with E-state index in [1.165, 1.54) is 17.7 Å². The van der Waals surface area contributed by atoms with Crippen LogP contribution in [0.4, 0.5) is 4.39 Å². The Hall–Kier alpha value is -5.28. The minimum absolute atomic E-state index is 0.314. The van der Waals surface area contributed by atoms with Crippen molar-refractivity contribution in [3.8, 4) is 33.9 Å². The van der Waals surface area contributed by atoms with Gasteiger partial charge in [0.2, 0.25) is 0 Å². The second-order valence-corrected chi connectivity index (χ2v) is 9.51. The second kappa shape index (κ2) is 10.1. The van der Waals surface area contributed by atoms with Gasteiger partial charge < -0.3 is 10.3 Å². The van der Waals surface area contributed by atoms with Crippen LogP contribution >= 0.6 is 0 Å². The van der Waals surface area contributed by atoms with E-state index in [-0.39, 0.29) is 5.82 Å². The maximum Gasteiger partial charge on any atom is 0.161 e. The molecule has 0 saturated heterocycles. The summed E-state index contributed by atoms with van der Waals surface area (Å²) in [6.45, 7) is 1.47. The molecule has 0 amide bonds. The van der Waals surface area contributed by atoms with Gasteiger partial charge in [0.15, 0.2) is 11.5 Å². The Morgan fingerprint density at radius 2 is 1.57 bits per heavy atom. The molecule has 0 aliphatic carbocycles. The van der Waals surface area contributed by atoms with E-state index in [4.69, 9.17) is 9.97 Å². The summed E-state index contributed by atoms with van der Waals surface area (Å²) in [5.41, 5.74) is 8.90. The molecule has 0 aliphatic rings. The third kappa shape index (κ3) is 4.59. The van der Waals surface area contributed by atoms with Crippen LogP contribution < -0.4 is 5.32 Å². The molecule has 40 heavy (non-hydrogen) atoms. The molecule has 7 rings (SSSR count). The van der Waals surface area contributed by atoms with Crippen LogP contribution in [0.25, 0.3) is 56.0 Å². The highest BCUT2D eigenvalue weighted by molar-refractivity contribution is 5.95. The smallest absolute Gasteiger partial charge is 0.161 e. The normalized spacial score (nSPS) is 11.4. The number of imidazole rings is 1. The first-order chi connectivity index (χ1) is 19.7. The molecule has 0 saturated carbocycles. The number of hydrogen-bond donors (Lipinski definition) is 3. The Morgan fingerprint density at radius 1 is 0.700 bits per heavy atom. The zero-order valence-electron chi connectivity index (χ0n) is 21.3. The van der Waals surface area contributed by atoms with E-state index in [0.29, 0.717) is 34.7 Å². The molecule has 5 heterocycles. The number of rotatable bonds is 7. The molecular formula is C31H23FN8. The molecule has 2 aromatic carbocycles. The molecule has 0 atom stereocenters. The maximum atomic E-state index is 13.9. The standard InChI is InChI=1S/C31H23FN8/c32-23-8-4-7-21(12-23)24-17-35-18-27-28(24)38-31(37-27)30-29-26(39-40-30)10-9-25(36-29)22-11-20(15-34-16-22)14-33-13-19-5-2-1-3-6-19/h1-12,15-18,33H,13-14H2,(H,37,38)(H,39,40). The summed E-state index contributed by atoms with van der Waals surface area (Å²) in [6.07, 6.45) is 7.06. The quantitative estimate of drug-likeness (QED) is 0.233. The van der Waals surface area contributed by atoms with Crippen LogP contribution in [0, 0.1) is 5.82 Å². The Kier molecular flexibility index (Phi) is 6.02. The topological polar surface area (TPSA) is 108 Å². The van der Waals surface area contributed by atoms with Crippen LogP contribution in [0.3, 0.4) is 0 Å². The highest BCUT2D eigenvalue weighted by Crippen LogP contribution is 2.31. The predicted octanol–water partition coefficient (Wildman–Crippen LogP) is 6.05. The van der Waals surface area contributed by atoms with E-state index < -0.39 is 0 Å².